The van der Waals surface area contributed by atoms with Crippen LogP contribution in [0.5, 0.6) is 0 Å². The van der Waals surface area contributed by atoms with Gasteiger partial charge in [-0.3, -0.25) is 4.79 Å². The molecule has 1 aromatic carbocycles. The van der Waals surface area contributed by atoms with E-state index in [1.165, 1.54) is 12.0 Å². The van der Waals surface area contributed by atoms with Crippen LogP contribution >= 0.6 is 0 Å². The van der Waals surface area contributed by atoms with Crippen molar-refractivity contribution in [3.63, 3.8) is 0 Å². The first-order chi connectivity index (χ1) is 8.13. The minimum absolute atomic E-state index is 0.327. The second kappa shape index (κ2) is 4.55. The molecule has 2 rings (SSSR count). The lowest BCUT2D eigenvalue weighted by molar-refractivity contribution is -0.123. The molecule has 0 radical (unpaired) electrons. The summed E-state index contributed by atoms with van der Waals surface area (Å²) in [6.45, 7) is 0.463. The van der Waals surface area contributed by atoms with E-state index in [0.29, 0.717) is 24.2 Å². The van der Waals surface area contributed by atoms with Crippen LogP contribution in [0.25, 0.3) is 0 Å². The molecule has 1 saturated heterocycles. The van der Waals surface area contributed by atoms with Gasteiger partial charge in [-0.1, -0.05) is 6.07 Å². The van der Waals surface area contributed by atoms with E-state index >= 15 is 0 Å². The Morgan fingerprint density at radius 3 is 2.88 bits per heavy atom. The molecule has 1 unspecified atom stereocenters. The molecule has 5 heteroatoms. The largest absolute Gasteiger partial charge is 0.465 e. The SMILES string of the molecule is COC(=O)c1cccc(N2CCC(O)C2=O)c1. The monoisotopic (exact) mass is 235 g/mol. The van der Waals surface area contributed by atoms with Gasteiger partial charge in [0, 0.05) is 18.7 Å². The Hall–Kier alpha value is -1.88. The lowest BCUT2D eigenvalue weighted by Gasteiger charge is -2.16. The van der Waals surface area contributed by atoms with Crippen molar-refractivity contribution in [3.05, 3.63) is 29.8 Å². The van der Waals surface area contributed by atoms with E-state index in [1.807, 2.05) is 0 Å². The van der Waals surface area contributed by atoms with E-state index in [0.717, 1.165) is 0 Å². The number of esters is 1. The summed E-state index contributed by atoms with van der Waals surface area (Å²) in [5.41, 5.74) is 0.994. The number of anilines is 1. The van der Waals surface area contributed by atoms with Crippen molar-refractivity contribution in [1.82, 2.24) is 0 Å². The summed E-state index contributed by atoms with van der Waals surface area (Å²) in [4.78, 5) is 24.4. The number of aliphatic hydroxyl groups excluding tert-OH is 1. The fourth-order valence-corrected chi connectivity index (χ4v) is 1.84. The van der Waals surface area contributed by atoms with E-state index in [4.69, 9.17) is 0 Å². The molecule has 0 aliphatic carbocycles. The Morgan fingerprint density at radius 1 is 1.53 bits per heavy atom. The number of nitrogens with zero attached hydrogens (tertiary/aromatic N) is 1. The third-order valence-corrected chi connectivity index (χ3v) is 2.76. The van der Waals surface area contributed by atoms with E-state index in [-0.39, 0.29) is 5.91 Å². The number of hydrogen-bond donors (Lipinski definition) is 1. The highest BCUT2D eigenvalue weighted by molar-refractivity contribution is 6.00. The zero-order valence-electron chi connectivity index (χ0n) is 9.42. The molecule has 1 atom stereocenters. The maximum absolute atomic E-state index is 11.6. The van der Waals surface area contributed by atoms with Crippen molar-refractivity contribution in [2.75, 3.05) is 18.6 Å². The van der Waals surface area contributed by atoms with Crippen molar-refractivity contribution in [2.24, 2.45) is 0 Å². The highest BCUT2D eigenvalue weighted by atomic mass is 16.5. The quantitative estimate of drug-likeness (QED) is 0.761. The van der Waals surface area contributed by atoms with Crippen LogP contribution in [-0.4, -0.2) is 36.7 Å². The number of ether oxygens (including phenoxy) is 1. The van der Waals surface area contributed by atoms with Crippen LogP contribution in [-0.2, 0) is 9.53 Å². The Labute approximate surface area is 98.6 Å². The fourth-order valence-electron chi connectivity index (χ4n) is 1.84. The summed E-state index contributed by atoms with van der Waals surface area (Å²) >= 11 is 0. The number of amides is 1. The number of carbonyl (C=O) groups is 2. The maximum atomic E-state index is 11.6. The molecule has 1 aliphatic heterocycles. The third kappa shape index (κ3) is 2.14. The van der Waals surface area contributed by atoms with E-state index < -0.39 is 12.1 Å². The molecule has 1 fully saturated rings. The van der Waals surface area contributed by atoms with Crippen LogP contribution in [0.1, 0.15) is 16.8 Å². The second-order valence-corrected chi connectivity index (χ2v) is 3.84. The summed E-state index contributed by atoms with van der Waals surface area (Å²) in [6, 6.07) is 6.61. The molecule has 1 aromatic rings. The zero-order valence-corrected chi connectivity index (χ0v) is 9.42. The number of rotatable bonds is 2. The fraction of sp³-hybridized carbons (Fsp3) is 0.333. The number of aliphatic hydroxyl groups is 1. The molecule has 1 aliphatic rings. The summed E-state index contributed by atoms with van der Waals surface area (Å²) in [5, 5.41) is 9.37. The van der Waals surface area contributed by atoms with Crippen LogP contribution in [0.15, 0.2) is 24.3 Å². The van der Waals surface area contributed by atoms with Crippen molar-refractivity contribution in [2.45, 2.75) is 12.5 Å². The Kier molecular flexibility index (Phi) is 3.10. The van der Waals surface area contributed by atoms with E-state index in [9.17, 15) is 14.7 Å². The predicted molar refractivity (Wildman–Crippen MR) is 60.8 cm³/mol. The highest BCUT2D eigenvalue weighted by Crippen LogP contribution is 2.22. The molecule has 0 saturated carbocycles. The Morgan fingerprint density at radius 2 is 2.29 bits per heavy atom. The van der Waals surface area contributed by atoms with Gasteiger partial charge in [0.15, 0.2) is 0 Å². The van der Waals surface area contributed by atoms with Gasteiger partial charge < -0.3 is 14.7 Å². The Balaban J connectivity index is 2.28. The van der Waals surface area contributed by atoms with Gasteiger partial charge in [-0.05, 0) is 18.2 Å². The van der Waals surface area contributed by atoms with E-state index in [1.54, 1.807) is 24.3 Å². The summed E-state index contributed by atoms with van der Waals surface area (Å²) < 4.78 is 4.61. The number of hydrogen-bond acceptors (Lipinski definition) is 4. The first-order valence-electron chi connectivity index (χ1n) is 5.31. The van der Waals surface area contributed by atoms with E-state index in [2.05, 4.69) is 4.74 Å². The molecule has 1 N–H and O–H groups in total. The molecular weight excluding hydrogens is 222 g/mol. The van der Waals surface area contributed by atoms with Crippen LogP contribution in [0.4, 0.5) is 5.69 Å². The predicted octanol–water partition coefficient (Wildman–Crippen LogP) is 0.571. The van der Waals surface area contributed by atoms with Gasteiger partial charge >= 0.3 is 5.97 Å². The van der Waals surface area contributed by atoms with Crippen molar-refractivity contribution < 1.29 is 19.4 Å². The smallest absolute Gasteiger partial charge is 0.337 e. The first-order valence-corrected chi connectivity index (χ1v) is 5.31. The molecule has 1 heterocycles. The minimum atomic E-state index is -0.934. The number of benzene rings is 1. The van der Waals surface area contributed by atoms with Crippen molar-refractivity contribution in [1.29, 1.82) is 0 Å². The van der Waals surface area contributed by atoms with Crippen molar-refractivity contribution >= 4 is 17.6 Å². The van der Waals surface area contributed by atoms with Gasteiger partial charge in [-0.15, -0.1) is 0 Å². The van der Waals surface area contributed by atoms with Gasteiger partial charge in [-0.2, -0.15) is 0 Å². The maximum Gasteiger partial charge on any atom is 0.337 e. The molecule has 5 nitrogen and oxygen atoms in total. The van der Waals surface area contributed by atoms with Gasteiger partial charge in [-0.25, -0.2) is 4.79 Å². The highest BCUT2D eigenvalue weighted by Gasteiger charge is 2.30. The standard InChI is InChI=1S/C12H13NO4/c1-17-12(16)8-3-2-4-9(7-8)13-6-5-10(14)11(13)15/h2-4,7,10,14H,5-6H2,1H3. The van der Waals surface area contributed by atoms with Gasteiger partial charge in [0.05, 0.1) is 12.7 Å². The van der Waals surface area contributed by atoms with Crippen LogP contribution in [0.3, 0.4) is 0 Å². The lowest BCUT2D eigenvalue weighted by atomic mass is 10.2. The summed E-state index contributed by atoms with van der Waals surface area (Å²) in [6.07, 6.45) is -0.516. The number of carbonyl (C=O) groups excluding carboxylic acids is 2. The molecule has 0 spiro atoms. The molecule has 0 bridgehead atoms. The second-order valence-electron chi connectivity index (χ2n) is 3.84. The molecule has 90 valence electrons. The molecule has 0 aromatic heterocycles. The summed E-state index contributed by atoms with van der Waals surface area (Å²) in [5.74, 6) is -0.772. The van der Waals surface area contributed by atoms with Gasteiger partial charge in [0.25, 0.3) is 5.91 Å². The average Bonchev–Trinajstić information content (AvgIpc) is 2.69. The Bertz CT molecular complexity index is 458. The van der Waals surface area contributed by atoms with Gasteiger partial charge in [0.2, 0.25) is 0 Å². The number of methoxy groups -OCH3 is 1. The average molecular weight is 235 g/mol. The third-order valence-electron chi connectivity index (χ3n) is 2.76. The first kappa shape index (κ1) is 11.6. The molecular formula is C12H13NO4. The lowest BCUT2D eigenvalue weighted by Crippen LogP contribution is -2.29. The molecule has 17 heavy (non-hydrogen) atoms. The normalized spacial score (nSPS) is 19.5. The van der Waals surface area contributed by atoms with Crippen molar-refractivity contribution in [3.8, 4) is 0 Å². The van der Waals surface area contributed by atoms with Gasteiger partial charge in [0.1, 0.15) is 6.10 Å². The molecule has 1 amide bonds. The van der Waals surface area contributed by atoms with Crippen LogP contribution in [0.2, 0.25) is 0 Å². The van der Waals surface area contributed by atoms with Crippen LogP contribution < -0.4 is 4.90 Å². The van der Waals surface area contributed by atoms with Crippen LogP contribution in [0, 0.1) is 0 Å². The minimum Gasteiger partial charge on any atom is -0.465 e. The summed E-state index contributed by atoms with van der Waals surface area (Å²) in [7, 11) is 1.31. The zero-order chi connectivity index (χ0) is 12.4. The topological polar surface area (TPSA) is 66.8 Å².